The van der Waals surface area contributed by atoms with Gasteiger partial charge in [0.1, 0.15) is 23.9 Å². The van der Waals surface area contributed by atoms with Crippen LogP contribution in [0.15, 0.2) is 36.7 Å². The van der Waals surface area contributed by atoms with E-state index in [0.717, 1.165) is 36.0 Å². The van der Waals surface area contributed by atoms with Crippen molar-refractivity contribution in [1.29, 1.82) is 0 Å². The topological polar surface area (TPSA) is 56.3 Å². The Bertz CT molecular complexity index is 529. The first-order valence-electron chi connectivity index (χ1n) is 6.63. The van der Waals surface area contributed by atoms with Crippen LogP contribution in [0.3, 0.4) is 0 Å². The second-order valence-corrected chi connectivity index (χ2v) is 4.29. The number of aromatic nitrogens is 2. The molecule has 2 rings (SSSR count). The zero-order chi connectivity index (χ0) is 14.2. The molecule has 0 bridgehead atoms. The van der Waals surface area contributed by atoms with E-state index in [9.17, 15) is 0 Å². The summed E-state index contributed by atoms with van der Waals surface area (Å²) in [5.74, 6) is 2.31. The third kappa shape index (κ3) is 4.12. The summed E-state index contributed by atoms with van der Waals surface area (Å²) in [5, 5.41) is 3.18. The molecule has 0 amide bonds. The first-order valence-corrected chi connectivity index (χ1v) is 6.63. The highest BCUT2D eigenvalue weighted by Crippen LogP contribution is 2.19. The van der Waals surface area contributed by atoms with Crippen molar-refractivity contribution in [3.8, 4) is 11.5 Å². The van der Waals surface area contributed by atoms with E-state index in [2.05, 4.69) is 22.2 Å². The molecule has 5 nitrogen and oxygen atoms in total. The molecule has 0 spiro atoms. The Morgan fingerprint density at radius 2 is 2.00 bits per heavy atom. The lowest BCUT2D eigenvalue weighted by Crippen LogP contribution is -2.04. The van der Waals surface area contributed by atoms with Crippen molar-refractivity contribution < 1.29 is 9.47 Å². The minimum atomic E-state index is 0.383. The van der Waals surface area contributed by atoms with Crippen LogP contribution in [-0.2, 0) is 6.61 Å². The van der Waals surface area contributed by atoms with Crippen LogP contribution in [0.5, 0.6) is 11.5 Å². The van der Waals surface area contributed by atoms with Gasteiger partial charge in [-0.25, -0.2) is 4.98 Å². The van der Waals surface area contributed by atoms with Crippen molar-refractivity contribution in [2.24, 2.45) is 0 Å². The number of ether oxygens (including phenoxy) is 2. The first-order chi connectivity index (χ1) is 9.81. The van der Waals surface area contributed by atoms with Crippen molar-refractivity contribution in [1.82, 2.24) is 9.97 Å². The third-order valence-electron chi connectivity index (χ3n) is 2.69. The third-order valence-corrected chi connectivity index (χ3v) is 2.69. The fourth-order valence-electron chi connectivity index (χ4n) is 1.62. The van der Waals surface area contributed by atoms with E-state index in [0.29, 0.717) is 6.61 Å². The highest BCUT2D eigenvalue weighted by atomic mass is 16.5. The number of hydrogen-bond acceptors (Lipinski definition) is 5. The number of anilines is 1. The van der Waals surface area contributed by atoms with Gasteiger partial charge in [-0.1, -0.05) is 13.0 Å². The first kappa shape index (κ1) is 14.1. The second-order valence-electron chi connectivity index (χ2n) is 4.29. The second kappa shape index (κ2) is 7.33. The fraction of sp³-hybridized carbons (Fsp3) is 0.333. The maximum atomic E-state index is 5.65. The molecular weight excluding hydrogens is 254 g/mol. The van der Waals surface area contributed by atoms with Crippen molar-refractivity contribution in [2.45, 2.75) is 20.0 Å². The molecule has 1 heterocycles. The van der Waals surface area contributed by atoms with E-state index in [1.165, 1.54) is 0 Å². The van der Waals surface area contributed by atoms with E-state index < -0.39 is 0 Å². The van der Waals surface area contributed by atoms with Gasteiger partial charge in [0.2, 0.25) is 0 Å². The minimum Gasteiger partial charge on any atom is -0.497 e. The molecule has 0 radical (unpaired) electrons. The predicted molar refractivity (Wildman–Crippen MR) is 78.1 cm³/mol. The van der Waals surface area contributed by atoms with Crippen LogP contribution in [0.2, 0.25) is 0 Å². The van der Waals surface area contributed by atoms with Crippen LogP contribution in [0.25, 0.3) is 0 Å². The van der Waals surface area contributed by atoms with Crippen LogP contribution in [-0.4, -0.2) is 23.6 Å². The lowest BCUT2D eigenvalue weighted by molar-refractivity contribution is 0.298. The Balaban J connectivity index is 1.89. The molecular formula is C15H19N3O2. The molecule has 0 saturated carbocycles. The Morgan fingerprint density at radius 1 is 1.15 bits per heavy atom. The summed E-state index contributed by atoms with van der Waals surface area (Å²) >= 11 is 0. The van der Waals surface area contributed by atoms with Gasteiger partial charge in [0, 0.05) is 12.6 Å². The molecule has 20 heavy (non-hydrogen) atoms. The van der Waals surface area contributed by atoms with Crippen LogP contribution < -0.4 is 14.8 Å². The molecule has 106 valence electrons. The Kier molecular flexibility index (Phi) is 5.17. The zero-order valence-corrected chi connectivity index (χ0v) is 11.8. The molecule has 0 aliphatic heterocycles. The monoisotopic (exact) mass is 273 g/mol. The predicted octanol–water partition coefficient (Wildman–Crippen LogP) is 2.89. The average Bonchev–Trinajstić information content (AvgIpc) is 2.52. The molecule has 5 heteroatoms. The van der Waals surface area contributed by atoms with Gasteiger partial charge < -0.3 is 14.8 Å². The normalized spacial score (nSPS) is 10.1. The number of benzene rings is 1. The van der Waals surface area contributed by atoms with E-state index in [-0.39, 0.29) is 0 Å². The summed E-state index contributed by atoms with van der Waals surface area (Å²) in [6.07, 6.45) is 4.50. The smallest absolute Gasteiger partial charge is 0.144 e. The Morgan fingerprint density at radius 3 is 2.70 bits per heavy atom. The average molecular weight is 273 g/mol. The Labute approximate surface area is 119 Å². The fourth-order valence-corrected chi connectivity index (χ4v) is 1.62. The highest BCUT2D eigenvalue weighted by Gasteiger charge is 2.00. The van der Waals surface area contributed by atoms with E-state index in [4.69, 9.17) is 9.47 Å². The molecule has 1 aromatic heterocycles. The van der Waals surface area contributed by atoms with Gasteiger partial charge in [-0.3, -0.25) is 4.98 Å². The SMILES string of the molecule is CCCNc1cnc(COc2cccc(OC)c2)cn1. The molecule has 2 aromatic rings. The van der Waals surface area contributed by atoms with Gasteiger partial charge in [-0.2, -0.15) is 0 Å². The van der Waals surface area contributed by atoms with Crippen LogP contribution in [0.1, 0.15) is 19.0 Å². The summed E-state index contributed by atoms with van der Waals surface area (Å²) in [4.78, 5) is 8.59. The van der Waals surface area contributed by atoms with Crippen molar-refractivity contribution in [2.75, 3.05) is 19.0 Å². The maximum absolute atomic E-state index is 5.65. The van der Waals surface area contributed by atoms with Gasteiger partial charge in [-0.05, 0) is 18.6 Å². The van der Waals surface area contributed by atoms with E-state index in [1.54, 1.807) is 19.5 Å². The number of nitrogens with one attached hydrogen (secondary N) is 1. The molecule has 0 aliphatic rings. The highest BCUT2D eigenvalue weighted by molar-refractivity contribution is 5.33. The van der Waals surface area contributed by atoms with Crippen molar-refractivity contribution >= 4 is 5.82 Å². The molecule has 0 unspecified atom stereocenters. The molecule has 0 saturated heterocycles. The standard InChI is InChI=1S/C15H19N3O2/c1-3-7-16-15-10-17-12(9-18-15)11-20-14-6-4-5-13(8-14)19-2/h4-6,8-10H,3,7,11H2,1-2H3,(H,16,18). The van der Waals surface area contributed by atoms with Gasteiger partial charge in [0.05, 0.1) is 25.2 Å². The van der Waals surface area contributed by atoms with Crippen molar-refractivity contribution in [3.05, 3.63) is 42.4 Å². The molecule has 0 fully saturated rings. The van der Waals surface area contributed by atoms with Gasteiger partial charge in [0.15, 0.2) is 0 Å². The Hall–Kier alpha value is -2.30. The van der Waals surface area contributed by atoms with Gasteiger partial charge >= 0.3 is 0 Å². The number of nitrogens with zero attached hydrogens (tertiary/aromatic N) is 2. The van der Waals surface area contributed by atoms with E-state index >= 15 is 0 Å². The lowest BCUT2D eigenvalue weighted by atomic mass is 10.3. The summed E-state index contributed by atoms with van der Waals surface area (Å²) in [6, 6.07) is 7.48. The quantitative estimate of drug-likeness (QED) is 0.840. The maximum Gasteiger partial charge on any atom is 0.144 e. The minimum absolute atomic E-state index is 0.383. The van der Waals surface area contributed by atoms with Crippen LogP contribution in [0.4, 0.5) is 5.82 Å². The molecule has 1 aromatic carbocycles. The molecule has 1 N–H and O–H groups in total. The zero-order valence-electron chi connectivity index (χ0n) is 11.8. The van der Waals surface area contributed by atoms with Gasteiger partial charge in [-0.15, -0.1) is 0 Å². The van der Waals surface area contributed by atoms with Crippen LogP contribution >= 0.6 is 0 Å². The van der Waals surface area contributed by atoms with Gasteiger partial charge in [0.25, 0.3) is 0 Å². The lowest BCUT2D eigenvalue weighted by Gasteiger charge is -2.08. The molecule has 0 atom stereocenters. The number of hydrogen-bond donors (Lipinski definition) is 1. The summed E-state index contributed by atoms with van der Waals surface area (Å²) in [5.41, 5.74) is 0.787. The summed E-state index contributed by atoms with van der Waals surface area (Å²) < 4.78 is 10.8. The summed E-state index contributed by atoms with van der Waals surface area (Å²) in [7, 11) is 1.63. The number of rotatable bonds is 7. The van der Waals surface area contributed by atoms with Crippen molar-refractivity contribution in [3.63, 3.8) is 0 Å². The van der Waals surface area contributed by atoms with Crippen LogP contribution in [0, 0.1) is 0 Å². The number of methoxy groups -OCH3 is 1. The molecule has 0 aliphatic carbocycles. The summed E-state index contributed by atoms with van der Waals surface area (Å²) in [6.45, 7) is 3.39. The largest absolute Gasteiger partial charge is 0.497 e. The van der Waals surface area contributed by atoms with E-state index in [1.807, 2.05) is 24.3 Å².